The van der Waals surface area contributed by atoms with Crippen LogP contribution >= 0.6 is 11.3 Å². The number of carbonyl (C=O) groups excluding carboxylic acids is 1. The maximum Gasteiger partial charge on any atom is 0.253 e. The topological polar surface area (TPSA) is 69.7 Å². The molecular weight excluding hydrogens is 406 g/mol. The summed E-state index contributed by atoms with van der Waals surface area (Å²) in [6.45, 7) is 5.69. The Labute approximate surface area is 176 Å². The molecule has 8 heteroatoms. The Bertz CT molecular complexity index is 1000. The molecule has 6 nitrogen and oxygen atoms in total. The highest BCUT2D eigenvalue weighted by Crippen LogP contribution is 2.32. The Morgan fingerprint density at radius 3 is 2.79 bits per heavy atom. The Morgan fingerprint density at radius 2 is 2.03 bits per heavy atom. The van der Waals surface area contributed by atoms with Gasteiger partial charge < -0.3 is 10.2 Å². The molecule has 1 aromatic carbocycles. The van der Waals surface area contributed by atoms with Crippen molar-refractivity contribution in [2.75, 3.05) is 24.5 Å². The van der Waals surface area contributed by atoms with Gasteiger partial charge in [0.25, 0.3) is 10.0 Å². The summed E-state index contributed by atoms with van der Waals surface area (Å²) in [6.07, 6.45) is 2.29. The quantitative estimate of drug-likeness (QED) is 0.761. The minimum Gasteiger partial charge on any atom is -0.367 e. The van der Waals surface area contributed by atoms with E-state index in [1.165, 1.54) is 26.9 Å². The highest BCUT2D eigenvalue weighted by Gasteiger charge is 2.40. The highest BCUT2D eigenvalue weighted by atomic mass is 32.2. The first-order chi connectivity index (χ1) is 13.9. The van der Waals surface area contributed by atoms with E-state index in [4.69, 9.17) is 0 Å². The molecule has 0 radical (unpaired) electrons. The van der Waals surface area contributed by atoms with Crippen molar-refractivity contribution in [1.82, 2.24) is 9.62 Å². The molecule has 2 atom stereocenters. The molecule has 156 valence electrons. The Hall–Kier alpha value is -1.90. The third-order valence-corrected chi connectivity index (χ3v) is 9.16. The van der Waals surface area contributed by atoms with E-state index in [2.05, 4.69) is 35.3 Å². The Morgan fingerprint density at radius 1 is 1.24 bits per heavy atom. The number of thiophene rings is 1. The molecule has 1 saturated heterocycles. The third-order valence-electron chi connectivity index (χ3n) is 5.79. The van der Waals surface area contributed by atoms with Gasteiger partial charge in [0.15, 0.2) is 0 Å². The molecule has 1 N–H and O–H groups in total. The fourth-order valence-corrected chi connectivity index (χ4v) is 7.41. The van der Waals surface area contributed by atoms with Crippen LogP contribution in [-0.2, 0) is 21.2 Å². The number of aryl methyl sites for hydroxylation is 1. The lowest BCUT2D eigenvalue weighted by Gasteiger charge is -2.26. The fourth-order valence-electron chi connectivity index (χ4n) is 4.34. The van der Waals surface area contributed by atoms with Crippen molar-refractivity contribution in [3.05, 3.63) is 46.8 Å². The number of hydrogen-bond acceptors (Lipinski definition) is 5. The van der Waals surface area contributed by atoms with Gasteiger partial charge in [0, 0.05) is 36.2 Å². The molecule has 1 aromatic heterocycles. The van der Waals surface area contributed by atoms with E-state index in [1.807, 2.05) is 13.0 Å². The largest absolute Gasteiger partial charge is 0.367 e. The normalized spacial score (nSPS) is 22.1. The second-order valence-electron chi connectivity index (χ2n) is 7.81. The van der Waals surface area contributed by atoms with E-state index in [0.29, 0.717) is 42.7 Å². The third kappa shape index (κ3) is 3.93. The molecule has 4 rings (SSSR count). The SMILES string of the molecule is Cc1ccc(S(=O)(=O)N2CCCC2C(=O)NCCN2c3ccccc3CC2C)s1. The van der Waals surface area contributed by atoms with Gasteiger partial charge in [-0.15, -0.1) is 11.3 Å². The lowest BCUT2D eigenvalue weighted by atomic mass is 10.1. The monoisotopic (exact) mass is 433 g/mol. The van der Waals surface area contributed by atoms with Crippen LogP contribution in [0.3, 0.4) is 0 Å². The van der Waals surface area contributed by atoms with Crippen molar-refractivity contribution in [2.24, 2.45) is 0 Å². The summed E-state index contributed by atoms with van der Waals surface area (Å²) in [4.78, 5) is 16.1. The molecule has 2 aromatic rings. The number of anilines is 1. The molecule has 2 aliphatic heterocycles. The highest BCUT2D eigenvalue weighted by molar-refractivity contribution is 7.91. The summed E-state index contributed by atoms with van der Waals surface area (Å²) in [7, 11) is -3.62. The smallest absolute Gasteiger partial charge is 0.253 e. The minimum atomic E-state index is -3.62. The van der Waals surface area contributed by atoms with Crippen LogP contribution in [0, 0.1) is 6.92 Å². The van der Waals surface area contributed by atoms with Crippen LogP contribution < -0.4 is 10.2 Å². The van der Waals surface area contributed by atoms with Gasteiger partial charge in [-0.3, -0.25) is 4.79 Å². The van der Waals surface area contributed by atoms with Crippen LogP contribution in [0.15, 0.2) is 40.6 Å². The zero-order valence-corrected chi connectivity index (χ0v) is 18.4. The summed E-state index contributed by atoms with van der Waals surface area (Å²) >= 11 is 1.26. The number of nitrogens with one attached hydrogen (secondary N) is 1. The summed E-state index contributed by atoms with van der Waals surface area (Å²) in [5, 5.41) is 2.98. The van der Waals surface area contributed by atoms with E-state index in [9.17, 15) is 13.2 Å². The van der Waals surface area contributed by atoms with Gasteiger partial charge in [0.1, 0.15) is 10.3 Å². The van der Waals surface area contributed by atoms with E-state index in [-0.39, 0.29) is 5.91 Å². The first kappa shape index (κ1) is 20.4. The van der Waals surface area contributed by atoms with Crippen molar-refractivity contribution < 1.29 is 13.2 Å². The number of para-hydroxylation sites is 1. The van der Waals surface area contributed by atoms with Crippen LogP contribution in [0.1, 0.15) is 30.2 Å². The van der Waals surface area contributed by atoms with Gasteiger partial charge in [-0.1, -0.05) is 18.2 Å². The average Bonchev–Trinajstić information content (AvgIpc) is 3.41. The number of nitrogens with zero attached hydrogens (tertiary/aromatic N) is 2. The lowest BCUT2D eigenvalue weighted by molar-refractivity contribution is -0.124. The van der Waals surface area contributed by atoms with Crippen LogP contribution in [0.5, 0.6) is 0 Å². The van der Waals surface area contributed by atoms with Crippen LogP contribution in [0.25, 0.3) is 0 Å². The second kappa shape index (κ2) is 8.08. The van der Waals surface area contributed by atoms with Crippen LogP contribution in [-0.4, -0.2) is 50.3 Å². The molecule has 0 bridgehead atoms. The van der Waals surface area contributed by atoms with E-state index < -0.39 is 16.1 Å². The van der Waals surface area contributed by atoms with Crippen LogP contribution in [0.4, 0.5) is 5.69 Å². The number of hydrogen-bond donors (Lipinski definition) is 1. The first-order valence-electron chi connectivity index (χ1n) is 10.1. The molecule has 0 aliphatic carbocycles. The number of benzene rings is 1. The van der Waals surface area contributed by atoms with E-state index >= 15 is 0 Å². The van der Waals surface area contributed by atoms with Crippen molar-refractivity contribution in [3.8, 4) is 0 Å². The van der Waals surface area contributed by atoms with Crippen LogP contribution in [0.2, 0.25) is 0 Å². The Balaban J connectivity index is 1.38. The summed E-state index contributed by atoms with van der Waals surface area (Å²) in [6, 6.07) is 11.6. The molecule has 1 fully saturated rings. The fraction of sp³-hybridized carbons (Fsp3) is 0.476. The molecule has 0 spiro atoms. The van der Waals surface area contributed by atoms with Gasteiger partial charge in [-0.2, -0.15) is 4.31 Å². The molecule has 2 aliphatic rings. The van der Waals surface area contributed by atoms with Gasteiger partial charge in [0.05, 0.1) is 0 Å². The predicted octanol–water partition coefficient (Wildman–Crippen LogP) is 2.78. The van der Waals surface area contributed by atoms with E-state index in [0.717, 1.165) is 11.3 Å². The maximum absolute atomic E-state index is 13.0. The molecule has 0 saturated carbocycles. The zero-order chi connectivity index (χ0) is 20.6. The van der Waals surface area contributed by atoms with Gasteiger partial charge in [-0.25, -0.2) is 8.42 Å². The van der Waals surface area contributed by atoms with Crippen molar-refractivity contribution in [3.63, 3.8) is 0 Å². The van der Waals surface area contributed by atoms with Gasteiger partial charge in [0.2, 0.25) is 5.91 Å². The van der Waals surface area contributed by atoms with Crippen molar-refractivity contribution in [1.29, 1.82) is 0 Å². The molecule has 2 unspecified atom stereocenters. The summed E-state index contributed by atoms with van der Waals surface area (Å²) in [5.41, 5.74) is 2.57. The van der Waals surface area contributed by atoms with E-state index in [1.54, 1.807) is 12.1 Å². The molecular formula is C21H27N3O3S2. The number of amides is 1. The van der Waals surface area contributed by atoms with Gasteiger partial charge >= 0.3 is 0 Å². The summed E-state index contributed by atoms with van der Waals surface area (Å²) < 4.78 is 27.6. The standard InChI is InChI=1S/C21H27N3O3S2/c1-15-14-17-6-3-4-7-18(17)23(15)13-11-22-21(25)19-8-5-12-24(19)29(26,27)20-10-9-16(2)28-20/h3-4,6-7,9-10,15,19H,5,8,11-14H2,1-2H3,(H,22,25). The second-order valence-corrected chi connectivity index (χ2v) is 11.2. The molecule has 1 amide bonds. The lowest BCUT2D eigenvalue weighted by Crippen LogP contribution is -2.47. The first-order valence-corrected chi connectivity index (χ1v) is 12.3. The number of carbonyl (C=O) groups is 1. The summed E-state index contributed by atoms with van der Waals surface area (Å²) in [5.74, 6) is -0.195. The molecule has 3 heterocycles. The Kier molecular flexibility index (Phi) is 5.68. The van der Waals surface area contributed by atoms with Crippen molar-refractivity contribution in [2.45, 2.75) is 49.4 Å². The van der Waals surface area contributed by atoms with Gasteiger partial charge in [-0.05, 0) is 56.9 Å². The number of rotatable bonds is 6. The predicted molar refractivity (Wildman–Crippen MR) is 116 cm³/mol. The molecule has 29 heavy (non-hydrogen) atoms. The van der Waals surface area contributed by atoms with Crippen molar-refractivity contribution >= 4 is 33.0 Å². The maximum atomic E-state index is 13.0. The zero-order valence-electron chi connectivity index (χ0n) is 16.8. The number of fused-ring (bicyclic) bond motifs is 1. The number of sulfonamides is 1. The average molecular weight is 434 g/mol. The minimum absolute atomic E-state index is 0.195.